The molecular formula is C24H28FN3O2. The molecule has 1 fully saturated rings. The number of benzene rings is 1. The number of aliphatic imine (C=N–C) groups is 1. The van der Waals surface area contributed by atoms with Crippen molar-refractivity contribution in [3.05, 3.63) is 70.9 Å². The number of nitrogens with zero attached hydrogens (tertiary/aromatic N) is 3. The van der Waals surface area contributed by atoms with E-state index in [1.807, 2.05) is 24.3 Å². The van der Waals surface area contributed by atoms with Crippen molar-refractivity contribution in [3.63, 3.8) is 0 Å². The van der Waals surface area contributed by atoms with E-state index in [1.54, 1.807) is 36.2 Å². The largest absolute Gasteiger partial charge is 0.381 e. The van der Waals surface area contributed by atoms with E-state index >= 15 is 0 Å². The van der Waals surface area contributed by atoms with E-state index in [1.165, 1.54) is 0 Å². The average molecular weight is 410 g/mol. The first-order valence-corrected chi connectivity index (χ1v) is 10.3. The van der Waals surface area contributed by atoms with Gasteiger partial charge in [-0.3, -0.25) is 14.4 Å². The van der Waals surface area contributed by atoms with Crippen LogP contribution in [0.2, 0.25) is 0 Å². The summed E-state index contributed by atoms with van der Waals surface area (Å²) in [7, 11) is 0. The number of aromatic nitrogens is 2. The molecule has 3 rings (SSSR count). The summed E-state index contributed by atoms with van der Waals surface area (Å²) in [5, 5.41) is 0. The maximum Gasteiger partial charge on any atom is 0.254 e. The maximum absolute atomic E-state index is 12.7. The molecular weight excluding hydrogens is 381 g/mol. The Bertz CT molecular complexity index is 988. The smallest absolute Gasteiger partial charge is 0.254 e. The van der Waals surface area contributed by atoms with Crippen molar-refractivity contribution in [3.8, 4) is 11.3 Å². The van der Waals surface area contributed by atoms with E-state index in [0.29, 0.717) is 37.4 Å². The van der Waals surface area contributed by atoms with Crippen LogP contribution in [0.3, 0.4) is 0 Å². The Labute approximate surface area is 176 Å². The van der Waals surface area contributed by atoms with Crippen molar-refractivity contribution in [2.45, 2.75) is 38.6 Å². The number of halogens is 1. The van der Waals surface area contributed by atoms with Crippen molar-refractivity contribution in [2.75, 3.05) is 19.9 Å². The Hall–Kier alpha value is -2.86. The van der Waals surface area contributed by atoms with E-state index in [4.69, 9.17) is 4.74 Å². The van der Waals surface area contributed by atoms with Crippen LogP contribution in [0.15, 0.2) is 64.8 Å². The minimum atomic E-state index is -0.568. The highest BCUT2D eigenvalue weighted by Gasteiger charge is 2.18. The molecule has 1 aliphatic heterocycles. The second kappa shape index (κ2) is 10.8. The second-order valence-electron chi connectivity index (χ2n) is 7.28. The van der Waals surface area contributed by atoms with Gasteiger partial charge in [0.1, 0.15) is 6.67 Å². The Morgan fingerprint density at radius 2 is 2.13 bits per heavy atom. The highest BCUT2D eigenvalue weighted by Crippen LogP contribution is 2.29. The van der Waals surface area contributed by atoms with Gasteiger partial charge in [0, 0.05) is 37.1 Å². The fraction of sp³-hybridized carbons (Fsp3) is 0.375. The van der Waals surface area contributed by atoms with Crippen molar-refractivity contribution in [1.82, 2.24) is 9.55 Å². The van der Waals surface area contributed by atoms with Gasteiger partial charge in [-0.25, -0.2) is 9.37 Å². The fourth-order valence-electron chi connectivity index (χ4n) is 3.55. The molecule has 2 heterocycles. The maximum atomic E-state index is 12.7. The molecule has 158 valence electrons. The average Bonchev–Trinajstić information content (AvgIpc) is 2.79. The van der Waals surface area contributed by atoms with Gasteiger partial charge in [-0.2, -0.15) is 0 Å². The molecule has 1 aliphatic rings. The quantitative estimate of drug-likeness (QED) is 0.577. The molecule has 2 aromatic rings. The van der Waals surface area contributed by atoms with E-state index < -0.39 is 6.67 Å². The topological polar surface area (TPSA) is 56.5 Å². The van der Waals surface area contributed by atoms with Gasteiger partial charge < -0.3 is 4.74 Å². The molecule has 0 amide bonds. The Morgan fingerprint density at radius 1 is 1.37 bits per heavy atom. The molecule has 1 saturated heterocycles. The first-order valence-electron chi connectivity index (χ1n) is 10.3. The lowest BCUT2D eigenvalue weighted by atomic mass is 9.95. The molecule has 0 aliphatic carbocycles. The molecule has 30 heavy (non-hydrogen) atoms. The van der Waals surface area contributed by atoms with Crippen molar-refractivity contribution in [1.29, 1.82) is 0 Å². The molecule has 0 N–H and O–H groups in total. The normalized spacial score (nSPS) is 15.6. The van der Waals surface area contributed by atoms with Crippen molar-refractivity contribution >= 4 is 11.8 Å². The summed E-state index contributed by atoms with van der Waals surface area (Å²) in [6, 6.07) is 9.56. The zero-order valence-corrected chi connectivity index (χ0v) is 17.4. The predicted octanol–water partition coefficient (Wildman–Crippen LogP) is 5.00. The number of hydrogen-bond acceptors (Lipinski definition) is 4. The highest BCUT2D eigenvalue weighted by molar-refractivity contribution is 5.79. The summed E-state index contributed by atoms with van der Waals surface area (Å²) in [5.74, 6) is 0. The van der Waals surface area contributed by atoms with Gasteiger partial charge >= 0.3 is 0 Å². The third-order valence-corrected chi connectivity index (χ3v) is 5.31. The zero-order chi connectivity index (χ0) is 21.3. The third-order valence-electron chi connectivity index (χ3n) is 5.31. The Morgan fingerprint density at radius 3 is 2.83 bits per heavy atom. The third kappa shape index (κ3) is 5.39. The number of ether oxygens (including phenoxy) is 1. The molecule has 0 radical (unpaired) electrons. The van der Waals surface area contributed by atoms with Gasteiger partial charge in [-0.05, 0) is 43.7 Å². The molecule has 0 saturated carbocycles. The minimum absolute atomic E-state index is 0.0513. The van der Waals surface area contributed by atoms with E-state index in [9.17, 15) is 9.18 Å². The van der Waals surface area contributed by atoms with Crippen LogP contribution in [-0.4, -0.2) is 35.7 Å². The van der Waals surface area contributed by atoms with Gasteiger partial charge in [-0.1, -0.05) is 36.9 Å². The van der Waals surface area contributed by atoms with Gasteiger partial charge in [0.05, 0.1) is 17.7 Å². The first-order chi connectivity index (χ1) is 14.6. The summed E-state index contributed by atoms with van der Waals surface area (Å²) in [6.45, 7) is 6.75. The van der Waals surface area contributed by atoms with E-state index in [-0.39, 0.29) is 11.6 Å². The highest BCUT2D eigenvalue weighted by atomic mass is 19.1. The van der Waals surface area contributed by atoms with Crippen LogP contribution >= 0.6 is 0 Å². The monoisotopic (exact) mass is 409 g/mol. The van der Waals surface area contributed by atoms with Gasteiger partial charge in [-0.15, -0.1) is 0 Å². The van der Waals surface area contributed by atoms with Gasteiger partial charge in [0.15, 0.2) is 0 Å². The van der Waals surface area contributed by atoms with Gasteiger partial charge in [0.25, 0.3) is 5.56 Å². The lowest BCUT2D eigenvalue weighted by Crippen LogP contribution is -2.29. The number of allylic oxidation sites excluding steroid dienone is 3. The lowest BCUT2D eigenvalue weighted by molar-refractivity contribution is 0.0684. The Balaban J connectivity index is 1.77. The fourth-order valence-corrected chi connectivity index (χ4v) is 3.55. The summed E-state index contributed by atoms with van der Waals surface area (Å²) >= 11 is 0. The van der Waals surface area contributed by atoms with Gasteiger partial charge in [0.2, 0.25) is 0 Å². The number of alkyl halides is 1. The molecule has 1 aromatic heterocycles. The van der Waals surface area contributed by atoms with Crippen LogP contribution in [0.1, 0.15) is 44.2 Å². The van der Waals surface area contributed by atoms with Crippen molar-refractivity contribution in [2.24, 2.45) is 4.99 Å². The molecule has 6 heteroatoms. The van der Waals surface area contributed by atoms with Crippen LogP contribution in [-0.2, 0) is 4.74 Å². The van der Waals surface area contributed by atoms with E-state index in [0.717, 1.165) is 29.5 Å². The predicted molar refractivity (Wildman–Crippen MR) is 120 cm³/mol. The van der Waals surface area contributed by atoms with Crippen LogP contribution in [0, 0.1) is 0 Å². The summed E-state index contributed by atoms with van der Waals surface area (Å²) < 4.78 is 19.8. The van der Waals surface area contributed by atoms with Crippen molar-refractivity contribution < 1.29 is 9.13 Å². The van der Waals surface area contributed by atoms with Crippen LogP contribution in [0.5, 0.6) is 0 Å². The Kier molecular flexibility index (Phi) is 7.85. The zero-order valence-electron chi connectivity index (χ0n) is 17.4. The first kappa shape index (κ1) is 21.8. The minimum Gasteiger partial charge on any atom is -0.381 e. The molecule has 0 bridgehead atoms. The number of hydrogen-bond donors (Lipinski definition) is 0. The standard InChI is InChI=1S/C24H28FN3O2/c1-3-19(16-25)26-12-6-7-18(2)21-8-4-5-9-22(21)23-15-24(29)28(17-27-23)20-10-13-30-14-11-20/h3-5,8-9,12,15,17,20H,2,6-7,10-11,13-14,16H2,1H3/b19-3-,26-12?. The summed E-state index contributed by atoms with van der Waals surface area (Å²) in [4.78, 5) is 21.4. The second-order valence-corrected chi connectivity index (χ2v) is 7.28. The van der Waals surface area contributed by atoms with Crippen LogP contribution in [0.4, 0.5) is 4.39 Å². The number of rotatable bonds is 8. The molecule has 5 nitrogen and oxygen atoms in total. The summed E-state index contributed by atoms with van der Waals surface area (Å²) in [6.07, 6.45) is 8.02. The summed E-state index contributed by atoms with van der Waals surface area (Å²) in [5.41, 5.74) is 3.78. The molecule has 0 unspecified atom stereocenters. The molecule has 0 spiro atoms. The van der Waals surface area contributed by atoms with Crippen LogP contribution < -0.4 is 5.56 Å². The lowest BCUT2D eigenvalue weighted by Gasteiger charge is -2.24. The molecule has 1 aromatic carbocycles. The molecule has 0 atom stereocenters. The SMILES string of the molecule is C=C(CCC=N/C(=C\C)CF)c1ccccc1-c1cc(=O)n(C2CCOCC2)cn1. The van der Waals surface area contributed by atoms with Crippen LogP contribution in [0.25, 0.3) is 16.8 Å². The van der Waals surface area contributed by atoms with E-state index in [2.05, 4.69) is 16.6 Å².